The Morgan fingerprint density at radius 2 is 1.54 bits per heavy atom. The van der Waals surface area contributed by atoms with Crippen LogP contribution in [0.25, 0.3) is 16.8 Å². The molecule has 4 rings (SSSR count). The molecule has 28 heavy (non-hydrogen) atoms. The Kier molecular flexibility index (Phi) is 5.08. The fourth-order valence-electron chi connectivity index (χ4n) is 3.07. The SMILES string of the molecule is Cc1c(C(=O)Nc2ccc(-c3ccccc3)cc2)cnn1-c1ccccc1Br. The van der Waals surface area contributed by atoms with Crippen molar-refractivity contribution in [3.63, 3.8) is 0 Å². The lowest BCUT2D eigenvalue weighted by Gasteiger charge is -2.09. The van der Waals surface area contributed by atoms with E-state index >= 15 is 0 Å². The molecule has 0 atom stereocenters. The molecule has 138 valence electrons. The van der Waals surface area contributed by atoms with Crippen molar-refractivity contribution in [3.8, 4) is 16.8 Å². The van der Waals surface area contributed by atoms with Gasteiger partial charge in [0.1, 0.15) is 0 Å². The Morgan fingerprint density at radius 1 is 0.893 bits per heavy atom. The van der Waals surface area contributed by atoms with E-state index in [1.807, 2.05) is 73.7 Å². The number of hydrogen-bond donors (Lipinski definition) is 1. The van der Waals surface area contributed by atoms with Crippen molar-refractivity contribution in [2.45, 2.75) is 6.92 Å². The van der Waals surface area contributed by atoms with E-state index < -0.39 is 0 Å². The normalized spacial score (nSPS) is 10.6. The summed E-state index contributed by atoms with van der Waals surface area (Å²) >= 11 is 3.53. The monoisotopic (exact) mass is 431 g/mol. The van der Waals surface area contributed by atoms with Crippen LogP contribution < -0.4 is 5.32 Å². The summed E-state index contributed by atoms with van der Waals surface area (Å²) in [6, 6.07) is 25.8. The number of carbonyl (C=O) groups excluding carboxylic acids is 1. The van der Waals surface area contributed by atoms with Crippen molar-refractivity contribution in [3.05, 3.63) is 101 Å². The number of nitrogens with one attached hydrogen (secondary N) is 1. The molecular weight excluding hydrogens is 414 g/mol. The highest BCUT2D eigenvalue weighted by molar-refractivity contribution is 9.10. The van der Waals surface area contributed by atoms with Crippen molar-refractivity contribution >= 4 is 27.5 Å². The molecule has 3 aromatic carbocycles. The summed E-state index contributed by atoms with van der Waals surface area (Å²) < 4.78 is 2.68. The Hall–Kier alpha value is -3.18. The molecule has 0 saturated heterocycles. The number of anilines is 1. The molecule has 0 aliphatic heterocycles. The minimum absolute atomic E-state index is 0.178. The van der Waals surface area contributed by atoms with Crippen molar-refractivity contribution < 1.29 is 4.79 Å². The van der Waals surface area contributed by atoms with Crippen LogP contribution in [-0.2, 0) is 0 Å². The maximum atomic E-state index is 12.7. The van der Waals surface area contributed by atoms with Crippen LogP contribution >= 0.6 is 15.9 Å². The molecule has 0 fully saturated rings. The second-order valence-electron chi connectivity index (χ2n) is 6.40. The van der Waals surface area contributed by atoms with Gasteiger partial charge in [0.05, 0.1) is 23.1 Å². The Balaban J connectivity index is 1.54. The lowest BCUT2D eigenvalue weighted by atomic mass is 10.1. The third-order valence-corrected chi connectivity index (χ3v) is 5.26. The molecule has 0 radical (unpaired) electrons. The predicted molar refractivity (Wildman–Crippen MR) is 116 cm³/mol. The van der Waals surface area contributed by atoms with E-state index in [4.69, 9.17) is 0 Å². The number of benzene rings is 3. The topological polar surface area (TPSA) is 46.9 Å². The average molecular weight is 432 g/mol. The molecule has 4 nitrogen and oxygen atoms in total. The van der Waals surface area contributed by atoms with E-state index in [9.17, 15) is 4.79 Å². The van der Waals surface area contributed by atoms with Gasteiger partial charge in [-0.15, -0.1) is 0 Å². The zero-order valence-corrected chi connectivity index (χ0v) is 16.8. The molecule has 1 N–H and O–H groups in total. The lowest BCUT2D eigenvalue weighted by Crippen LogP contribution is -2.13. The van der Waals surface area contributed by atoms with Crippen LogP contribution in [0.1, 0.15) is 16.1 Å². The van der Waals surface area contributed by atoms with Crippen LogP contribution in [0.5, 0.6) is 0 Å². The molecule has 1 heterocycles. The number of hydrogen-bond acceptors (Lipinski definition) is 2. The molecule has 4 aromatic rings. The van der Waals surface area contributed by atoms with Gasteiger partial charge < -0.3 is 5.32 Å². The molecule has 0 aliphatic carbocycles. The van der Waals surface area contributed by atoms with Gasteiger partial charge in [-0.05, 0) is 58.2 Å². The van der Waals surface area contributed by atoms with Crippen LogP contribution in [-0.4, -0.2) is 15.7 Å². The summed E-state index contributed by atoms with van der Waals surface area (Å²) in [4.78, 5) is 12.7. The predicted octanol–water partition coefficient (Wildman–Crippen LogP) is 5.86. The molecule has 0 spiro atoms. The fraction of sp³-hybridized carbons (Fsp3) is 0.0435. The van der Waals surface area contributed by atoms with Crippen LogP contribution in [0.4, 0.5) is 5.69 Å². The van der Waals surface area contributed by atoms with Gasteiger partial charge in [-0.1, -0.05) is 54.6 Å². The fourth-order valence-corrected chi connectivity index (χ4v) is 3.53. The van der Waals surface area contributed by atoms with Gasteiger partial charge in [-0.3, -0.25) is 4.79 Å². The molecule has 1 aromatic heterocycles. The summed E-state index contributed by atoms with van der Waals surface area (Å²) in [5.41, 5.74) is 5.22. The first-order chi connectivity index (χ1) is 13.6. The number of halogens is 1. The molecule has 1 amide bonds. The number of rotatable bonds is 4. The van der Waals surface area contributed by atoms with Crippen molar-refractivity contribution in [2.24, 2.45) is 0 Å². The van der Waals surface area contributed by atoms with E-state index in [1.165, 1.54) is 0 Å². The third-order valence-electron chi connectivity index (χ3n) is 4.58. The first-order valence-electron chi connectivity index (χ1n) is 8.90. The second kappa shape index (κ2) is 7.82. The lowest BCUT2D eigenvalue weighted by molar-refractivity contribution is 0.102. The third kappa shape index (κ3) is 3.62. The summed E-state index contributed by atoms with van der Waals surface area (Å²) in [6.07, 6.45) is 1.60. The van der Waals surface area contributed by atoms with E-state index in [-0.39, 0.29) is 5.91 Å². The highest BCUT2D eigenvalue weighted by Gasteiger charge is 2.16. The van der Waals surface area contributed by atoms with Gasteiger partial charge >= 0.3 is 0 Å². The van der Waals surface area contributed by atoms with E-state index in [0.717, 1.165) is 32.7 Å². The zero-order valence-electron chi connectivity index (χ0n) is 15.3. The van der Waals surface area contributed by atoms with E-state index in [2.05, 4.69) is 38.5 Å². The van der Waals surface area contributed by atoms with Crippen molar-refractivity contribution in [1.29, 1.82) is 0 Å². The smallest absolute Gasteiger partial charge is 0.259 e. The molecule has 0 unspecified atom stereocenters. The van der Waals surface area contributed by atoms with Crippen LogP contribution in [0.3, 0.4) is 0 Å². The van der Waals surface area contributed by atoms with Gasteiger partial charge in [0.2, 0.25) is 0 Å². The minimum Gasteiger partial charge on any atom is -0.322 e. The van der Waals surface area contributed by atoms with Crippen LogP contribution in [0, 0.1) is 6.92 Å². The number of para-hydroxylation sites is 1. The largest absolute Gasteiger partial charge is 0.322 e. The second-order valence-corrected chi connectivity index (χ2v) is 7.26. The Bertz CT molecular complexity index is 1120. The first kappa shape index (κ1) is 18.2. The average Bonchev–Trinajstić information content (AvgIpc) is 3.11. The molecule has 0 bridgehead atoms. The minimum atomic E-state index is -0.178. The van der Waals surface area contributed by atoms with Gasteiger partial charge in [-0.2, -0.15) is 5.10 Å². The maximum absolute atomic E-state index is 12.7. The molecule has 0 saturated carbocycles. The van der Waals surface area contributed by atoms with Crippen LogP contribution in [0.2, 0.25) is 0 Å². The first-order valence-corrected chi connectivity index (χ1v) is 9.69. The standard InChI is InChI=1S/C23H18BrN3O/c1-16-20(15-25-27(16)22-10-6-5-9-21(22)24)23(28)26-19-13-11-18(12-14-19)17-7-3-2-4-8-17/h2-15H,1H3,(H,26,28). The summed E-state index contributed by atoms with van der Waals surface area (Å²) in [6.45, 7) is 1.89. The van der Waals surface area contributed by atoms with E-state index in [0.29, 0.717) is 5.56 Å². The summed E-state index contributed by atoms with van der Waals surface area (Å²) in [5, 5.41) is 7.34. The Labute approximate surface area is 172 Å². The number of amides is 1. The molecule has 5 heteroatoms. The maximum Gasteiger partial charge on any atom is 0.259 e. The number of aromatic nitrogens is 2. The quantitative estimate of drug-likeness (QED) is 0.439. The zero-order chi connectivity index (χ0) is 19.5. The van der Waals surface area contributed by atoms with Gasteiger partial charge in [0.25, 0.3) is 5.91 Å². The Morgan fingerprint density at radius 3 is 2.25 bits per heavy atom. The summed E-state index contributed by atoms with van der Waals surface area (Å²) in [7, 11) is 0. The molecule has 0 aliphatic rings. The number of carbonyl (C=O) groups is 1. The highest BCUT2D eigenvalue weighted by atomic mass is 79.9. The number of nitrogens with zero attached hydrogens (tertiary/aromatic N) is 2. The van der Waals surface area contributed by atoms with Crippen molar-refractivity contribution in [2.75, 3.05) is 5.32 Å². The highest BCUT2D eigenvalue weighted by Crippen LogP contribution is 2.24. The molecular formula is C23H18BrN3O. The summed E-state index contributed by atoms with van der Waals surface area (Å²) in [5.74, 6) is -0.178. The van der Waals surface area contributed by atoms with Gasteiger partial charge in [-0.25, -0.2) is 4.68 Å². The van der Waals surface area contributed by atoms with Crippen molar-refractivity contribution in [1.82, 2.24) is 9.78 Å². The van der Waals surface area contributed by atoms with E-state index in [1.54, 1.807) is 10.9 Å². The van der Waals surface area contributed by atoms with Gasteiger partial charge in [0.15, 0.2) is 0 Å². The van der Waals surface area contributed by atoms with Crippen LogP contribution in [0.15, 0.2) is 89.5 Å². The van der Waals surface area contributed by atoms with Gasteiger partial charge in [0, 0.05) is 10.2 Å².